The predicted octanol–water partition coefficient (Wildman–Crippen LogP) is 1.71. The maximum Gasteiger partial charge on any atom is 0.127 e. The van der Waals surface area contributed by atoms with Crippen LogP contribution in [0.25, 0.3) is 0 Å². The van der Waals surface area contributed by atoms with E-state index in [1.807, 2.05) is 31.3 Å². The van der Waals surface area contributed by atoms with E-state index in [1.54, 1.807) is 0 Å². The van der Waals surface area contributed by atoms with Crippen molar-refractivity contribution in [2.45, 2.75) is 12.8 Å². The Kier molecular flexibility index (Phi) is 3.33. The third-order valence-electron chi connectivity index (χ3n) is 1.83. The van der Waals surface area contributed by atoms with Crippen LogP contribution in [-0.2, 0) is 6.42 Å². The zero-order chi connectivity index (χ0) is 9.68. The Morgan fingerprint density at radius 2 is 2.23 bits per heavy atom. The fourth-order valence-electron chi connectivity index (χ4n) is 1.05. The van der Waals surface area contributed by atoms with Crippen LogP contribution in [-0.4, -0.2) is 19.1 Å². The summed E-state index contributed by atoms with van der Waals surface area (Å²) in [5, 5.41) is 0. The average Bonchev–Trinajstić information content (AvgIpc) is 2.15. The molecule has 2 nitrogen and oxygen atoms in total. The monoisotopic (exact) mass is 174 g/mol. The van der Waals surface area contributed by atoms with Gasteiger partial charge in [0.2, 0.25) is 0 Å². The summed E-state index contributed by atoms with van der Waals surface area (Å²) in [6.45, 7) is 0. The third kappa shape index (κ3) is 2.79. The largest absolute Gasteiger partial charge is 0.363 e. The summed E-state index contributed by atoms with van der Waals surface area (Å²) in [6, 6.07) is 4.07. The first-order chi connectivity index (χ1) is 6.24. The van der Waals surface area contributed by atoms with E-state index in [1.165, 1.54) is 5.56 Å². The van der Waals surface area contributed by atoms with Gasteiger partial charge in [-0.1, -0.05) is 6.07 Å². The van der Waals surface area contributed by atoms with Gasteiger partial charge in [0.25, 0.3) is 0 Å². The molecule has 0 spiro atoms. The van der Waals surface area contributed by atoms with Crippen molar-refractivity contribution in [1.82, 2.24) is 4.98 Å². The number of hydrogen-bond acceptors (Lipinski definition) is 2. The van der Waals surface area contributed by atoms with Crippen molar-refractivity contribution in [2.75, 3.05) is 19.0 Å². The Morgan fingerprint density at radius 3 is 2.69 bits per heavy atom. The molecule has 1 heterocycles. The molecule has 1 rings (SSSR count). The lowest BCUT2D eigenvalue weighted by Crippen LogP contribution is -2.10. The summed E-state index contributed by atoms with van der Waals surface area (Å²) in [5.74, 6) is 3.59. The fraction of sp³-hybridized carbons (Fsp3) is 0.364. The molecule has 13 heavy (non-hydrogen) atoms. The lowest BCUT2D eigenvalue weighted by Gasteiger charge is -2.10. The molecule has 68 valence electrons. The number of terminal acetylenes is 1. The molecule has 0 fully saturated rings. The first-order valence-electron chi connectivity index (χ1n) is 4.29. The van der Waals surface area contributed by atoms with Gasteiger partial charge < -0.3 is 4.90 Å². The molecule has 0 aromatic carbocycles. The van der Waals surface area contributed by atoms with Gasteiger partial charge in [-0.3, -0.25) is 0 Å². The second-order valence-electron chi connectivity index (χ2n) is 3.12. The van der Waals surface area contributed by atoms with Crippen molar-refractivity contribution in [3.63, 3.8) is 0 Å². The highest BCUT2D eigenvalue weighted by Gasteiger charge is 1.96. The lowest BCUT2D eigenvalue weighted by atomic mass is 10.2. The highest BCUT2D eigenvalue weighted by molar-refractivity contribution is 5.37. The van der Waals surface area contributed by atoms with Crippen LogP contribution in [0.1, 0.15) is 12.0 Å². The molecule has 0 radical (unpaired) electrons. The van der Waals surface area contributed by atoms with E-state index in [2.05, 4.69) is 17.0 Å². The van der Waals surface area contributed by atoms with Crippen LogP contribution >= 0.6 is 0 Å². The summed E-state index contributed by atoms with van der Waals surface area (Å²) in [4.78, 5) is 6.27. The Labute approximate surface area is 79.6 Å². The number of aryl methyl sites for hydroxylation is 1. The van der Waals surface area contributed by atoms with Crippen molar-refractivity contribution < 1.29 is 0 Å². The van der Waals surface area contributed by atoms with Gasteiger partial charge in [0, 0.05) is 26.7 Å². The van der Waals surface area contributed by atoms with Crippen LogP contribution in [0.2, 0.25) is 0 Å². The molecule has 0 unspecified atom stereocenters. The highest BCUT2D eigenvalue weighted by atomic mass is 15.1. The third-order valence-corrected chi connectivity index (χ3v) is 1.83. The number of hydrogen-bond donors (Lipinski definition) is 0. The molecule has 0 aliphatic heterocycles. The molecule has 1 aromatic rings. The van der Waals surface area contributed by atoms with Crippen molar-refractivity contribution in [3.05, 3.63) is 23.9 Å². The Balaban J connectivity index is 2.65. The maximum atomic E-state index is 5.18. The van der Waals surface area contributed by atoms with E-state index >= 15 is 0 Å². The molecule has 0 saturated carbocycles. The van der Waals surface area contributed by atoms with Gasteiger partial charge in [-0.25, -0.2) is 4.98 Å². The zero-order valence-electron chi connectivity index (χ0n) is 8.12. The summed E-state index contributed by atoms with van der Waals surface area (Å²) in [5.41, 5.74) is 1.20. The number of nitrogens with zero attached hydrogens (tertiary/aromatic N) is 2. The smallest absolute Gasteiger partial charge is 0.127 e. The molecule has 0 aliphatic rings. The summed E-state index contributed by atoms with van der Waals surface area (Å²) < 4.78 is 0. The molecule has 0 N–H and O–H groups in total. The second-order valence-corrected chi connectivity index (χ2v) is 3.12. The SMILES string of the molecule is C#CCCc1ccc(N(C)C)nc1. The van der Waals surface area contributed by atoms with Crippen LogP contribution in [0.4, 0.5) is 5.82 Å². The standard InChI is InChI=1S/C11H14N2/c1-4-5-6-10-7-8-11(12-9-10)13(2)3/h1,7-9H,5-6H2,2-3H3. The minimum absolute atomic E-state index is 0.781. The van der Waals surface area contributed by atoms with Crippen molar-refractivity contribution in [2.24, 2.45) is 0 Å². The highest BCUT2D eigenvalue weighted by Crippen LogP contribution is 2.08. The van der Waals surface area contributed by atoms with Crippen LogP contribution < -0.4 is 4.90 Å². The molecular formula is C11H14N2. The fourth-order valence-corrected chi connectivity index (χ4v) is 1.05. The van der Waals surface area contributed by atoms with Crippen LogP contribution in [0.15, 0.2) is 18.3 Å². The first-order valence-corrected chi connectivity index (χ1v) is 4.29. The van der Waals surface area contributed by atoms with E-state index < -0.39 is 0 Å². The van der Waals surface area contributed by atoms with E-state index in [0.717, 1.165) is 18.7 Å². The van der Waals surface area contributed by atoms with E-state index in [0.29, 0.717) is 0 Å². The molecule has 0 bridgehead atoms. The van der Waals surface area contributed by atoms with E-state index in [9.17, 15) is 0 Å². The van der Waals surface area contributed by atoms with Crippen molar-refractivity contribution in [1.29, 1.82) is 0 Å². The minimum atomic E-state index is 0.781. The quantitative estimate of drug-likeness (QED) is 0.648. The predicted molar refractivity (Wildman–Crippen MR) is 55.7 cm³/mol. The van der Waals surface area contributed by atoms with Gasteiger partial charge in [-0.2, -0.15) is 0 Å². The minimum Gasteiger partial charge on any atom is -0.363 e. The van der Waals surface area contributed by atoms with E-state index in [-0.39, 0.29) is 0 Å². The average molecular weight is 174 g/mol. The molecule has 0 atom stereocenters. The summed E-state index contributed by atoms with van der Waals surface area (Å²) >= 11 is 0. The summed E-state index contributed by atoms with van der Waals surface area (Å²) in [7, 11) is 3.95. The lowest BCUT2D eigenvalue weighted by molar-refractivity contribution is 0.994. The number of aromatic nitrogens is 1. The second kappa shape index (κ2) is 4.51. The molecular weight excluding hydrogens is 160 g/mol. The summed E-state index contributed by atoms with van der Waals surface area (Å²) in [6.07, 6.45) is 8.75. The van der Waals surface area contributed by atoms with Gasteiger partial charge in [0.15, 0.2) is 0 Å². The number of pyridine rings is 1. The molecule has 2 heteroatoms. The zero-order valence-corrected chi connectivity index (χ0v) is 8.12. The van der Waals surface area contributed by atoms with Gasteiger partial charge in [0.1, 0.15) is 5.82 Å². The Hall–Kier alpha value is -1.49. The van der Waals surface area contributed by atoms with E-state index in [4.69, 9.17) is 6.42 Å². The van der Waals surface area contributed by atoms with Crippen LogP contribution in [0.5, 0.6) is 0 Å². The van der Waals surface area contributed by atoms with Gasteiger partial charge in [-0.05, 0) is 18.1 Å². The molecule has 0 aliphatic carbocycles. The molecule has 1 aromatic heterocycles. The van der Waals surface area contributed by atoms with Crippen molar-refractivity contribution in [3.8, 4) is 12.3 Å². The normalized spacial score (nSPS) is 9.31. The first kappa shape index (κ1) is 9.60. The molecule has 0 amide bonds. The Morgan fingerprint density at radius 1 is 1.46 bits per heavy atom. The molecule has 0 saturated heterocycles. The van der Waals surface area contributed by atoms with Gasteiger partial charge >= 0.3 is 0 Å². The topological polar surface area (TPSA) is 16.1 Å². The number of rotatable bonds is 3. The number of anilines is 1. The van der Waals surface area contributed by atoms with Crippen LogP contribution in [0.3, 0.4) is 0 Å². The van der Waals surface area contributed by atoms with Gasteiger partial charge in [-0.15, -0.1) is 12.3 Å². The maximum absolute atomic E-state index is 5.18. The van der Waals surface area contributed by atoms with Gasteiger partial charge in [0.05, 0.1) is 0 Å². The Bertz CT molecular complexity index is 293. The van der Waals surface area contributed by atoms with Crippen LogP contribution in [0, 0.1) is 12.3 Å². The van der Waals surface area contributed by atoms with Crippen molar-refractivity contribution >= 4 is 5.82 Å².